The van der Waals surface area contributed by atoms with Crippen molar-refractivity contribution in [1.29, 1.82) is 0 Å². The van der Waals surface area contributed by atoms with Crippen molar-refractivity contribution in [2.75, 3.05) is 12.0 Å². The molecular weight excluding hydrogens is 322 g/mol. The topological polar surface area (TPSA) is 83.2 Å². The Kier molecular flexibility index (Phi) is 5.11. The lowest BCUT2D eigenvalue weighted by Crippen LogP contribution is -2.25. The highest BCUT2D eigenvalue weighted by Crippen LogP contribution is 2.27. The first-order chi connectivity index (χ1) is 10.4. The zero-order chi connectivity index (χ0) is 16.3. The van der Waals surface area contributed by atoms with Gasteiger partial charge in [0.15, 0.2) is 5.78 Å². The molecule has 0 fully saturated rings. The summed E-state index contributed by atoms with van der Waals surface area (Å²) in [6.45, 7) is 0. The maximum Gasteiger partial charge on any atom is 0.195 e. The number of anilines is 1. The van der Waals surface area contributed by atoms with Gasteiger partial charge in [0.25, 0.3) is 0 Å². The molecule has 0 saturated heterocycles. The van der Waals surface area contributed by atoms with Gasteiger partial charge in [0.05, 0.1) is 0 Å². The minimum absolute atomic E-state index is 0.118. The van der Waals surface area contributed by atoms with Gasteiger partial charge in [-0.1, -0.05) is 11.6 Å². The Hall–Kier alpha value is -1.98. The molecule has 114 valence electrons. The molecule has 0 saturated carbocycles. The number of hydrogen-bond donors (Lipinski definition) is 1. The lowest BCUT2D eigenvalue weighted by Gasteiger charge is -2.12. The van der Waals surface area contributed by atoms with Crippen molar-refractivity contribution in [3.8, 4) is 0 Å². The number of benzene rings is 2. The molecule has 22 heavy (non-hydrogen) atoms. The van der Waals surface area contributed by atoms with Crippen molar-refractivity contribution in [3.63, 3.8) is 0 Å². The monoisotopic (exact) mass is 334 g/mol. The van der Waals surface area contributed by atoms with E-state index < -0.39 is 12.4 Å². The highest BCUT2D eigenvalue weighted by molar-refractivity contribution is 7.98. The summed E-state index contributed by atoms with van der Waals surface area (Å²) in [6.07, 6.45) is 1.55. The standard InChI is InChI=1S/C16H14ClNO3S/c1-22-12-4-2-9(3-5-12)16(21)13-8-11(17)6-10(15(13)18)7-14(19)20/h2-6,8H,7,18H2,1H3,(H,19,20)/p-1. The molecule has 2 aromatic carbocycles. The molecule has 0 aliphatic rings. The van der Waals surface area contributed by atoms with Gasteiger partial charge in [-0.05, 0) is 48.2 Å². The maximum atomic E-state index is 12.5. The third kappa shape index (κ3) is 3.61. The van der Waals surface area contributed by atoms with Gasteiger partial charge in [-0.25, -0.2) is 0 Å². The number of nitrogens with two attached hydrogens (primary N) is 1. The highest BCUT2D eigenvalue weighted by Gasteiger charge is 2.16. The predicted molar refractivity (Wildman–Crippen MR) is 86.2 cm³/mol. The van der Waals surface area contributed by atoms with E-state index in [4.69, 9.17) is 17.3 Å². The van der Waals surface area contributed by atoms with Crippen LogP contribution in [-0.2, 0) is 11.2 Å². The lowest BCUT2D eigenvalue weighted by atomic mass is 9.98. The third-order valence-corrected chi connectivity index (χ3v) is 4.12. The fourth-order valence-electron chi connectivity index (χ4n) is 2.06. The van der Waals surface area contributed by atoms with Crippen LogP contribution in [0.15, 0.2) is 41.3 Å². The number of carbonyl (C=O) groups excluding carboxylic acids is 2. The second kappa shape index (κ2) is 6.85. The van der Waals surface area contributed by atoms with E-state index in [1.54, 1.807) is 23.9 Å². The predicted octanol–water partition coefficient (Wildman–Crippen LogP) is 2.17. The van der Waals surface area contributed by atoms with Crippen LogP contribution in [0, 0.1) is 0 Å². The second-order valence-corrected chi connectivity index (χ2v) is 5.95. The number of nitrogen functional groups attached to an aromatic ring is 1. The van der Waals surface area contributed by atoms with Crippen LogP contribution in [0.2, 0.25) is 5.02 Å². The number of aliphatic carboxylic acids is 1. The molecule has 0 atom stereocenters. The van der Waals surface area contributed by atoms with Gasteiger partial charge in [-0.2, -0.15) is 0 Å². The van der Waals surface area contributed by atoms with Crippen LogP contribution in [0.5, 0.6) is 0 Å². The smallest absolute Gasteiger partial charge is 0.195 e. The van der Waals surface area contributed by atoms with Crippen LogP contribution in [-0.4, -0.2) is 18.0 Å². The number of rotatable bonds is 5. The molecule has 0 aliphatic carbocycles. The largest absolute Gasteiger partial charge is 0.550 e. The van der Waals surface area contributed by atoms with Crippen molar-refractivity contribution in [1.82, 2.24) is 0 Å². The molecule has 0 spiro atoms. The molecule has 0 bridgehead atoms. The molecule has 2 aromatic rings. The number of ketones is 1. The van der Waals surface area contributed by atoms with E-state index in [2.05, 4.69) is 0 Å². The molecule has 0 radical (unpaired) electrons. The summed E-state index contributed by atoms with van der Waals surface area (Å²) in [5.74, 6) is -1.58. The van der Waals surface area contributed by atoms with Gasteiger partial charge in [0.1, 0.15) is 0 Å². The number of thioether (sulfide) groups is 1. The van der Waals surface area contributed by atoms with E-state index in [0.29, 0.717) is 5.56 Å². The fraction of sp³-hybridized carbons (Fsp3) is 0.125. The van der Waals surface area contributed by atoms with Crippen LogP contribution < -0.4 is 10.8 Å². The summed E-state index contributed by atoms with van der Waals surface area (Å²) in [6, 6.07) is 9.95. The Morgan fingerprint density at radius 2 is 1.86 bits per heavy atom. The second-order valence-electron chi connectivity index (χ2n) is 4.63. The van der Waals surface area contributed by atoms with Crippen molar-refractivity contribution >= 4 is 40.8 Å². The van der Waals surface area contributed by atoms with E-state index in [9.17, 15) is 14.7 Å². The number of halogens is 1. The van der Waals surface area contributed by atoms with E-state index in [1.807, 2.05) is 18.4 Å². The Morgan fingerprint density at radius 1 is 1.23 bits per heavy atom. The van der Waals surface area contributed by atoms with Gasteiger partial charge in [0.2, 0.25) is 0 Å². The average molecular weight is 335 g/mol. The zero-order valence-electron chi connectivity index (χ0n) is 11.8. The van der Waals surface area contributed by atoms with Crippen LogP contribution in [0.25, 0.3) is 0 Å². The molecule has 0 aliphatic heterocycles. The van der Waals surface area contributed by atoms with E-state index >= 15 is 0 Å². The number of carbonyl (C=O) groups is 2. The minimum Gasteiger partial charge on any atom is -0.550 e. The number of carboxylic acid groups (broad SMARTS) is 1. The fourth-order valence-corrected chi connectivity index (χ4v) is 2.71. The van der Waals surface area contributed by atoms with E-state index in [1.165, 1.54) is 12.1 Å². The van der Waals surface area contributed by atoms with Gasteiger partial charge in [-0.3, -0.25) is 4.79 Å². The van der Waals surface area contributed by atoms with Crippen LogP contribution >= 0.6 is 23.4 Å². The highest BCUT2D eigenvalue weighted by atomic mass is 35.5. The Labute approximate surface area is 137 Å². The summed E-state index contributed by atoms with van der Waals surface area (Å²) >= 11 is 7.53. The first kappa shape index (κ1) is 16.4. The number of carboxylic acids is 1. The molecule has 0 unspecified atom stereocenters. The van der Waals surface area contributed by atoms with Gasteiger partial charge in [-0.15, -0.1) is 11.8 Å². The van der Waals surface area contributed by atoms with Crippen LogP contribution in [0.4, 0.5) is 5.69 Å². The first-order valence-corrected chi connectivity index (χ1v) is 7.99. The van der Waals surface area contributed by atoms with Gasteiger partial charge < -0.3 is 15.6 Å². The molecule has 0 aromatic heterocycles. The van der Waals surface area contributed by atoms with Gasteiger partial charge >= 0.3 is 0 Å². The lowest BCUT2D eigenvalue weighted by molar-refractivity contribution is -0.304. The summed E-state index contributed by atoms with van der Waals surface area (Å²) in [5.41, 5.74) is 6.97. The Morgan fingerprint density at radius 3 is 2.41 bits per heavy atom. The zero-order valence-corrected chi connectivity index (χ0v) is 13.3. The molecule has 2 N–H and O–H groups in total. The first-order valence-electron chi connectivity index (χ1n) is 6.39. The van der Waals surface area contributed by atoms with Crippen molar-refractivity contribution < 1.29 is 14.7 Å². The Bertz CT molecular complexity index is 729. The summed E-state index contributed by atoms with van der Waals surface area (Å²) in [4.78, 5) is 24.3. The molecule has 6 heteroatoms. The molecule has 0 heterocycles. The number of hydrogen-bond acceptors (Lipinski definition) is 5. The minimum atomic E-state index is -1.28. The molecule has 4 nitrogen and oxygen atoms in total. The molecular formula is C16H13ClNO3S-. The van der Waals surface area contributed by atoms with Crippen LogP contribution in [0.3, 0.4) is 0 Å². The van der Waals surface area contributed by atoms with Crippen molar-refractivity contribution in [3.05, 3.63) is 58.1 Å². The maximum absolute atomic E-state index is 12.5. The Balaban J connectivity index is 2.44. The van der Waals surface area contributed by atoms with Gasteiger partial charge in [0, 0.05) is 39.1 Å². The van der Waals surface area contributed by atoms with Crippen LogP contribution in [0.1, 0.15) is 21.5 Å². The third-order valence-electron chi connectivity index (χ3n) is 3.16. The summed E-state index contributed by atoms with van der Waals surface area (Å²) < 4.78 is 0. The average Bonchev–Trinajstić information content (AvgIpc) is 2.49. The summed E-state index contributed by atoms with van der Waals surface area (Å²) in [5, 5.41) is 11.0. The van der Waals surface area contributed by atoms with Crippen molar-refractivity contribution in [2.24, 2.45) is 0 Å². The van der Waals surface area contributed by atoms with Crippen molar-refractivity contribution in [2.45, 2.75) is 11.3 Å². The van der Waals surface area contributed by atoms with E-state index in [0.717, 1.165) is 4.90 Å². The molecule has 0 amide bonds. The SMILES string of the molecule is CSc1ccc(C(=O)c2cc(Cl)cc(CC(=O)[O-])c2N)cc1. The quantitative estimate of drug-likeness (QED) is 0.514. The normalized spacial score (nSPS) is 10.5. The molecule has 2 rings (SSSR count). The van der Waals surface area contributed by atoms with E-state index in [-0.39, 0.29) is 27.6 Å². The summed E-state index contributed by atoms with van der Waals surface area (Å²) in [7, 11) is 0.